The fourth-order valence-corrected chi connectivity index (χ4v) is 0.807. The van der Waals surface area contributed by atoms with Crippen LogP contribution >= 0.6 is 11.6 Å². The second kappa shape index (κ2) is 2.78. The molecule has 1 heterocycles. The summed E-state index contributed by atoms with van der Waals surface area (Å²) in [6, 6.07) is 1.53. The predicted octanol–water partition coefficient (Wildman–Crippen LogP) is 1.60. The molecule has 3 heteroatoms. The zero-order valence-electron chi connectivity index (χ0n) is 5.04. The highest BCUT2D eigenvalue weighted by Gasteiger charge is 2.09. The lowest BCUT2D eigenvalue weighted by atomic mass is 10.2. The van der Waals surface area contributed by atoms with Crippen molar-refractivity contribution in [2.75, 3.05) is 0 Å². The molecular formula is C7H5ClO2. The van der Waals surface area contributed by atoms with E-state index in [0.29, 0.717) is 5.56 Å². The maximum absolute atomic E-state index is 9.02. The molecule has 1 aromatic rings. The van der Waals surface area contributed by atoms with E-state index in [4.69, 9.17) is 27.5 Å². The van der Waals surface area contributed by atoms with Gasteiger partial charge in [0.2, 0.25) is 0 Å². The summed E-state index contributed by atoms with van der Waals surface area (Å²) >= 11 is 5.49. The second-order valence-electron chi connectivity index (χ2n) is 1.72. The van der Waals surface area contributed by atoms with E-state index in [1.165, 1.54) is 12.3 Å². The lowest BCUT2D eigenvalue weighted by Crippen LogP contribution is -1.90. The SMILES string of the molecule is C#CC(O)c1ccoc1Cl. The molecule has 1 unspecified atom stereocenters. The van der Waals surface area contributed by atoms with E-state index >= 15 is 0 Å². The minimum absolute atomic E-state index is 0.144. The monoisotopic (exact) mass is 156 g/mol. The summed E-state index contributed by atoms with van der Waals surface area (Å²) in [7, 11) is 0. The molecule has 2 nitrogen and oxygen atoms in total. The molecule has 0 bridgehead atoms. The molecule has 0 saturated carbocycles. The van der Waals surface area contributed by atoms with Gasteiger partial charge >= 0.3 is 0 Å². The molecule has 0 radical (unpaired) electrons. The molecule has 0 aromatic carbocycles. The van der Waals surface area contributed by atoms with Crippen molar-refractivity contribution in [1.82, 2.24) is 0 Å². The molecule has 0 saturated heterocycles. The average molecular weight is 157 g/mol. The van der Waals surface area contributed by atoms with Crippen LogP contribution in [0, 0.1) is 12.3 Å². The molecule has 0 amide bonds. The minimum Gasteiger partial charge on any atom is -0.453 e. The Kier molecular flexibility index (Phi) is 2.00. The van der Waals surface area contributed by atoms with Gasteiger partial charge in [-0.25, -0.2) is 0 Å². The highest BCUT2D eigenvalue weighted by Crippen LogP contribution is 2.22. The fraction of sp³-hybridized carbons (Fsp3) is 0.143. The Morgan fingerprint density at radius 2 is 2.50 bits per heavy atom. The smallest absolute Gasteiger partial charge is 0.199 e. The predicted molar refractivity (Wildman–Crippen MR) is 37.5 cm³/mol. The van der Waals surface area contributed by atoms with Crippen molar-refractivity contribution >= 4 is 11.6 Å². The highest BCUT2D eigenvalue weighted by molar-refractivity contribution is 6.29. The molecule has 0 aliphatic heterocycles. The van der Waals surface area contributed by atoms with Crippen LogP contribution in [0.5, 0.6) is 0 Å². The first kappa shape index (κ1) is 7.20. The van der Waals surface area contributed by atoms with Crippen molar-refractivity contribution in [3.63, 3.8) is 0 Å². The first-order valence-electron chi connectivity index (χ1n) is 2.63. The van der Waals surface area contributed by atoms with Crippen LogP contribution in [0.3, 0.4) is 0 Å². The van der Waals surface area contributed by atoms with Crippen LogP contribution in [0.15, 0.2) is 16.7 Å². The molecule has 1 atom stereocenters. The standard InChI is InChI=1S/C7H5ClO2/c1-2-6(9)5-3-4-10-7(5)8/h1,3-4,6,9H. The zero-order chi connectivity index (χ0) is 7.56. The van der Waals surface area contributed by atoms with E-state index in [1.54, 1.807) is 0 Å². The summed E-state index contributed by atoms with van der Waals surface area (Å²) in [6.45, 7) is 0. The van der Waals surface area contributed by atoms with Crippen LogP contribution in [-0.2, 0) is 0 Å². The number of halogens is 1. The molecule has 52 valence electrons. The minimum atomic E-state index is -0.966. The van der Waals surface area contributed by atoms with Crippen LogP contribution in [0.4, 0.5) is 0 Å². The van der Waals surface area contributed by atoms with Crippen LogP contribution in [0.25, 0.3) is 0 Å². The van der Waals surface area contributed by atoms with Crippen molar-refractivity contribution in [1.29, 1.82) is 0 Å². The number of aliphatic hydroxyl groups excluding tert-OH is 1. The molecule has 0 aliphatic rings. The van der Waals surface area contributed by atoms with Crippen molar-refractivity contribution in [2.24, 2.45) is 0 Å². The largest absolute Gasteiger partial charge is 0.453 e. The molecule has 0 fully saturated rings. The summed E-state index contributed by atoms with van der Waals surface area (Å²) in [4.78, 5) is 0. The van der Waals surface area contributed by atoms with E-state index < -0.39 is 6.10 Å². The van der Waals surface area contributed by atoms with Gasteiger partial charge in [-0.2, -0.15) is 0 Å². The van der Waals surface area contributed by atoms with Crippen LogP contribution in [0.2, 0.25) is 5.22 Å². The third kappa shape index (κ3) is 1.15. The van der Waals surface area contributed by atoms with Gasteiger partial charge < -0.3 is 9.52 Å². The highest BCUT2D eigenvalue weighted by atomic mass is 35.5. The van der Waals surface area contributed by atoms with Crippen molar-refractivity contribution < 1.29 is 9.52 Å². The lowest BCUT2D eigenvalue weighted by molar-refractivity contribution is 0.237. The Labute approximate surface area is 63.4 Å². The van der Waals surface area contributed by atoms with Gasteiger partial charge in [0.25, 0.3) is 0 Å². The summed E-state index contributed by atoms with van der Waals surface area (Å²) in [5, 5.41) is 9.16. The summed E-state index contributed by atoms with van der Waals surface area (Å²) < 4.78 is 4.70. The maximum atomic E-state index is 9.02. The molecule has 1 aromatic heterocycles. The second-order valence-corrected chi connectivity index (χ2v) is 2.06. The van der Waals surface area contributed by atoms with Gasteiger partial charge in [-0.3, -0.25) is 0 Å². The van der Waals surface area contributed by atoms with Crippen molar-refractivity contribution in [3.8, 4) is 12.3 Å². The van der Waals surface area contributed by atoms with Crippen LogP contribution in [-0.4, -0.2) is 5.11 Å². The van der Waals surface area contributed by atoms with Crippen LogP contribution in [0.1, 0.15) is 11.7 Å². The van der Waals surface area contributed by atoms with E-state index in [0.717, 1.165) is 0 Å². The number of rotatable bonds is 1. The van der Waals surface area contributed by atoms with E-state index in [9.17, 15) is 0 Å². The Hall–Kier alpha value is -0.910. The maximum Gasteiger partial charge on any atom is 0.199 e. The van der Waals surface area contributed by atoms with E-state index in [-0.39, 0.29) is 5.22 Å². The van der Waals surface area contributed by atoms with Crippen molar-refractivity contribution in [2.45, 2.75) is 6.10 Å². The first-order valence-corrected chi connectivity index (χ1v) is 3.00. The molecule has 1 rings (SSSR count). The van der Waals surface area contributed by atoms with Gasteiger partial charge in [0, 0.05) is 0 Å². The number of hydrogen-bond acceptors (Lipinski definition) is 2. The zero-order valence-corrected chi connectivity index (χ0v) is 5.80. The Morgan fingerprint density at radius 1 is 1.80 bits per heavy atom. The first-order chi connectivity index (χ1) is 4.75. The Balaban J connectivity index is 2.96. The topological polar surface area (TPSA) is 33.4 Å². The fourth-order valence-electron chi connectivity index (χ4n) is 0.589. The van der Waals surface area contributed by atoms with Gasteiger partial charge in [0.15, 0.2) is 5.22 Å². The molecular weight excluding hydrogens is 152 g/mol. The number of furan rings is 1. The average Bonchev–Trinajstić information content (AvgIpc) is 2.34. The van der Waals surface area contributed by atoms with Crippen molar-refractivity contribution in [3.05, 3.63) is 23.1 Å². The van der Waals surface area contributed by atoms with Gasteiger partial charge in [0.05, 0.1) is 11.8 Å². The Bertz CT molecular complexity index is 259. The number of terminal acetylenes is 1. The van der Waals surface area contributed by atoms with Gasteiger partial charge in [-0.05, 0) is 17.7 Å². The normalized spacial score (nSPS) is 12.5. The molecule has 0 aliphatic carbocycles. The third-order valence-corrected chi connectivity index (χ3v) is 1.41. The third-order valence-electron chi connectivity index (χ3n) is 1.10. The van der Waals surface area contributed by atoms with Gasteiger partial charge in [-0.1, -0.05) is 5.92 Å². The number of aliphatic hydroxyl groups is 1. The summed E-state index contributed by atoms with van der Waals surface area (Å²) in [5.74, 6) is 2.12. The molecule has 0 spiro atoms. The Morgan fingerprint density at radius 3 is 2.90 bits per heavy atom. The quantitative estimate of drug-likeness (QED) is 0.627. The summed E-state index contributed by atoms with van der Waals surface area (Å²) in [6.07, 6.45) is 5.34. The molecule has 10 heavy (non-hydrogen) atoms. The lowest BCUT2D eigenvalue weighted by Gasteiger charge is -1.96. The van der Waals surface area contributed by atoms with Crippen LogP contribution < -0.4 is 0 Å². The molecule has 1 N–H and O–H groups in total. The van der Waals surface area contributed by atoms with Gasteiger partial charge in [-0.15, -0.1) is 6.42 Å². The van der Waals surface area contributed by atoms with E-state index in [1.807, 2.05) is 0 Å². The summed E-state index contributed by atoms with van der Waals surface area (Å²) in [5.41, 5.74) is 0.434. The van der Waals surface area contributed by atoms with Gasteiger partial charge in [0.1, 0.15) is 6.10 Å². The number of hydrogen-bond donors (Lipinski definition) is 1. The van der Waals surface area contributed by atoms with E-state index in [2.05, 4.69) is 5.92 Å².